The Morgan fingerprint density at radius 2 is 1.95 bits per heavy atom. The third-order valence-corrected chi connectivity index (χ3v) is 4.55. The zero-order chi connectivity index (χ0) is 14.1. The zero-order valence-electron chi connectivity index (χ0n) is 12.1. The third-order valence-electron chi connectivity index (χ3n) is 4.55. The van der Waals surface area contributed by atoms with Crippen molar-refractivity contribution in [1.82, 2.24) is 0 Å². The molecule has 3 heteroatoms. The van der Waals surface area contributed by atoms with Gasteiger partial charge in [0, 0.05) is 31.1 Å². The van der Waals surface area contributed by atoms with Gasteiger partial charge in [-0.1, -0.05) is 19.1 Å². The van der Waals surface area contributed by atoms with Crippen LogP contribution in [0.4, 0.5) is 5.69 Å². The van der Waals surface area contributed by atoms with Crippen molar-refractivity contribution >= 4 is 11.5 Å². The number of Topliss-reactive ketones (excluding diaryl/α,β-unsaturated/α-hetero) is 1. The summed E-state index contributed by atoms with van der Waals surface area (Å²) in [6.07, 6.45) is 3.75. The van der Waals surface area contributed by atoms with Crippen molar-refractivity contribution in [2.24, 2.45) is 5.92 Å². The smallest absolute Gasteiger partial charge is 0.135 e. The largest absolute Gasteiger partial charge is 0.389 e. The maximum Gasteiger partial charge on any atom is 0.135 e. The number of carbonyl (C=O) groups excluding carboxylic acids is 1. The molecule has 1 saturated carbocycles. The number of hydrogen-bond acceptors (Lipinski definition) is 3. The van der Waals surface area contributed by atoms with Gasteiger partial charge in [0.1, 0.15) is 5.78 Å². The standard InChI is InChI=1S/C17H23NO2/c1-12(2-9-17(20)14-3-4-14)13-5-7-15(8-6-13)18-10-16(19)11-18/h5-8,12,14,16,19H,2-4,9-11H2,1H3. The van der Waals surface area contributed by atoms with E-state index in [9.17, 15) is 9.90 Å². The second kappa shape index (κ2) is 5.57. The van der Waals surface area contributed by atoms with Crippen LogP contribution in [-0.4, -0.2) is 30.1 Å². The van der Waals surface area contributed by atoms with Crippen molar-refractivity contribution in [3.8, 4) is 0 Å². The number of β-amino-alcohol motifs (C(OH)–C–C–N with tert-alkyl or cyclic N) is 1. The summed E-state index contributed by atoms with van der Waals surface area (Å²) in [5.41, 5.74) is 2.48. The maximum absolute atomic E-state index is 11.7. The number of benzene rings is 1. The fourth-order valence-corrected chi connectivity index (χ4v) is 2.81. The molecule has 1 saturated heterocycles. The quantitative estimate of drug-likeness (QED) is 0.866. The van der Waals surface area contributed by atoms with E-state index in [-0.39, 0.29) is 6.10 Å². The molecular weight excluding hydrogens is 250 g/mol. The maximum atomic E-state index is 11.7. The molecule has 0 bridgehead atoms. The molecule has 1 aromatic carbocycles. The van der Waals surface area contributed by atoms with Gasteiger partial charge >= 0.3 is 0 Å². The predicted molar refractivity (Wildman–Crippen MR) is 80.0 cm³/mol. The minimum absolute atomic E-state index is 0.165. The summed E-state index contributed by atoms with van der Waals surface area (Å²) < 4.78 is 0. The number of hydrogen-bond donors (Lipinski definition) is 1. The molecule has 1 N–H and O–H groups in total. The number of ketones is 1. The van der Waals surface area contributed by atoms with E-state index in [1.54, 1.807) is 0 Å². The highest BCUT2D eigenvalue weighted by Crippen LogP contribution is 2.33. The second-order valence-corrected chi connectivity index (χ2v) is 6.33. The van der Waals surface area contributed by atoms with Gasteiger partial charge in [-0.15, -0.1) is 0 Å². The fraction of sp³-hybridized carbons (Fsp3) is 0.588. The number of aliphatic hydroxyl groups is 1. The lowest BCUT2D eigenvalue weighted by Crippen LogP contribution is -2.50. The van der Waals surface area contributed by atoms with Crippen molar-refractivity contribution in [2.75, 3.05) is 18.0 Å². The summed E-state index contributed by atoms with van der Waals surface area (Å²) in [6.45, 7) is 3.68. The molecule has 0 radical (unpaired) electrons. The average molecular weight is 273 g/mol. The predicted octanol–water partition coefficient (Wildman–Crippen LogP) is 2.73. The Morgan fingerprint density at radius 1 is 1.30 bits per heavy atom. The van der Waals surface area contributed by atoms with Crippen LogP contribution in [0.2, 0.25) is 0 Å². The Morgan fingerprint density at radius 3 is 2.50 bits per heavy atom. The minimum Gasteiger partial charge on any atom is -0.389 e. The molecule has 20 heavy (non-hydrogen) atoms. The van der Waals surface area contributed by atoms with Crippen LogP contribution in [0, 0.1) is 5.92 Å². The third kappa shape index (κ3) is 3.04. The van der Waals surface area contributed by atoms with Gasteiger partial charge < -0.3 is 10.0 Å². The van der Waals surface area contributed by atoms with Gasteiger partial charge in [0.2, 0.25) is 0 Å². The van der Waals surface area contributed by atoms with Crippen LogP contribution in [-0.2, 0) is 4.79 Å². The highest BCUT2D eigenvalue weighted by molar-refractivity contribution is 5.83. The lowest BCUT2D eigenvalue weighted by atomic mass is 9.94. The van der Waals surface area contributed by atoms with E-state index in [1.807, 2.05) is 0 Å². The number of anilines is 1. The van der Waals surface area contributed by atoms with Gasteiger partial charge in [0.25, 0.3) is 0 Å². The Balaban J connectivity index is 1.52. The van der Waals surface area contributed by atoms with Crippen LogP contribution in [0.25, 0.3) is 0 Å². The monoisotopic (exact) mass is 273 g/mol. The number of carbonyl (C=O) groups is 1. The molecule has 1 aliphatic heterocycles. The van der Waals surface area contributed by atoms with Crippen molar-refractivity contribution in [1.29, 1.82) is 0 Å². The fourth-order valence-electron chi connectivity index (χ4n) is 2.81. The molecule has 108 valence electrons. The van der Waals surface area contributed by atoms with Gasteiger partial charge in [-0.3, -0.25) is 4.79 Å². The summed E-state index contributed by atoms with van der Waals surface area (Å²) in [5, 5.41) is 9.32. The van der Waals surface area contributed by atoms with E-state index in [0.29, 0.717) is 17.6 Å². The van der Waals surface area contributed by atoms with E-state index in [0.717, 1.165) is 38.8 Å². The van der Waals surface area contributed by atoms with Crippen molar-refractivity contribution in [3.63, 3.8) is 0 Å². The summed E-state index contributed by atoms with van der Waals surface area (Å²) >= 11 is 0. The molecule has 0 amide bonds. The van der Waals surface area contributed by atoms with Gasteiger partial charge in [-0.05, 0) is 42.9 Å². The molecule has 1 aliphatic carbocycles. The molecule has 0 aromatic heterocycles. The van der Waals surface area contributed by atoms with Crippen molar-refractivity contribution < 1.29 is 9.90 Å². The SMILES string of the molecule is CC(CCC(=O)C1CC1)c1ccc(N2CC(O)C2)cc1. The van der Waals surface area contributed by atoms with Crippen LogP contribution < -0.4 is 4.90 Å². The first-order valence-corrected chi connectivity index (χ1v) is 7.69. The van der Waals surface area contributed by atoms with E-state index in [4.69, 9.17) is 0 Å². The molecule has 0 spiro atoms. The van der Waals surface area contributed by atoms with Crippen LogP contribution in [0.1, 0.15) is 44.1 Å². The number of aliphatic hydroxyl groups excluding tert-OH is 1. The van der Waals surface area contributed by atoms with E-state index >= 15 is 0 Å². The van der Waals surface area contributed by atoms with Crippen molar-refractivity contribution in [2.45, 2.75) is 44.6 Å². The summed E-state index contributed by atoms with van der Waals surface area (Å²) in [5.74, 6) is 1.29. The number of rotatable bonds is 6. The minimum atomic E-state index is -0.165. The Hall–Kier alpha value is -1.35. The Bertz CT molecular complexity index is 472. The van der Waals surface area contributed by atoms with Crippen LogP contribution in [0.3, 0.4) is 0 Å². The van der Waals surface area contributed by atoms with E-state index in [1.165, 1.54) is 11.3 Å². The summed E-state index contributed by atoms with van der Waals surface area (Å²) in [4.78, 5) is 13.9. The first-order chi connectivity index (χ1) is 9.63. The first-order valence-electron chi connectivity index (χ1n) is 7.69. The van der Waals surface area contributed by atoms with Gasteiger partial charge in [-0.2, -0.15) is 0 Å². The van der Waals surface area contributed by atoms with Gasteiger partial charge in [0.15, 0.2) is 0 Å². The molecule has 1 unspecified atom stereocenters. The van der Waals surface area contributed by atoms with E-state index in [2.05, 4.69) is 36.1 Å². The van der Waals surface area contributed by atoms with Crippen LogP contribution in [0.15, 0.2) is 24.3 Å². The number of nitrogens with zero attached hydrogens (tertiary/aromatic N) is 1. The second-order valence-electron chi connectivity index (χ2n) is 6.33. The molecule has 1 atom stereocenters. The molecule has 1 aromatic rings. The van der Waals surface area contributed by atoms with Crippen LogP contribution >= 0.6 is 0 Å². The molecule has 3 rings (SSSR count). The molecule has 2 aliphatic rings. The van der Waals surface area contributed by atoms with Gasteiger partial charge in [-0.25, -0.2) is 0 Å². The van der Waals surface area contributed by atoms with Crippen molar-refractivity contribution in [3.05, 3.63) is 29.8 Å². The molecule has 1 heterocycles. The highest BCUT2D eigenvalue weighted by atomic mass is 16.3. The lowest BCUT2D eigenvalue weighted by Gasteiger charge is -2.38. The highest BCUT2D eigenvalue weighted by Gasteiger charge is 2.29. The van der Waals surface area contributed by atoms with E-state index < -0.39 is 0 Å². The summed E-state index contributed by atoms with van der Waals surface area (Å²) in [6, 6.07) is 8.57. The Kier molecular flexibility index (Phi) is 3.79. The molecule has 2 fully saturated rings. The Labute approximate surface area is 120 Å². The molecule has 3 nitrogen and oxygen atoms in total. The average Bonchev–Trinajstić information content (AvgIpc) is 3.26. The first kappa shape index (κ1) is 13.6. The lowest BCUT2D eigenvalue weighted by molar-refractivity contribution is -0.120. The molecular formula is C17H23NO2. The van der Waals surface area contributed by atoms with Crippen LogP contribution in [0.5, 0.6) is 0 Å². The summed E-state index contributed by atoms with van der Waals surface area (Å²) in [7, 11) is 0. The normalized spacial score (nSPS) is 20.6. The van der Waals surface area contributed by atoms with Gasteiger partial charge in [0.05, 0.1) is 6.10 Å². The topological polar surface area (TPSA) is 40.5 Å². The zero-order valence-corrected chi connectivity index (χ0v) is 12.1.